The van der Waals surface area contributed by atoms with Gasteiger partial charge in [0.1, 0.15) is 0 Å². The van der Waals surface area contributed by atoms with Gasteiger partial charge in [0.05, 0.1) is 10.9 Å². The lowest BCUT2D eigenvalue weighted by molar-refractivity contribution is 0.284. The van der Waals surface area contributed by atoms with Crippen LogP contribution in [0.15, 0.2) is 18.2 Å². The van der Waals surface area contributed by atoms with Gasteiger partial charge >= 0.3 is 0 Å². The molecule has 68 valence electrons. The molecule has 4 heteroatoms. The number of nitrogens with two attached hydrogens (primary N) is 1. The highest BCUT2D eigenvalue weighted by atomic mass is 35.5. The van der Waals surface area contributed by atoms with Crippen molar-refractivity contribution in [3.8, 4) is 0 Å². The zero-order valence-corrected chi connectivity index (χ0v) is 8.32. The zero-order valence-electron chi connectivity index (χ0n) is 6.75. The number of halogens is 1. The van der Waals surface area contributed by atoms with E-state index in [1.807, 2.05) is 18.2 Å². The number of hydrogen-bond donors (Lipinski definition) is 2. The van der Waals surface area contributed by atoms with Crippen molar-refractivity contribution in [3.05, 3.63) is 28.1 Å². The minimum atomic E-state index is -0.0394. The molecule has 1 aromatic heterocycles. The molecule has 2 rings (SSSR count). The van der Waals surface area contributed by atoms with Gasteiger partial charge in [-0.05, 0) is 18.2 Å². The molecule has 0 saturated heterocycles. The summed E-state index contributed by atoms with van der Waals surface area (Å²) in [7, 11) is 0. The van der Waals surface area contributed by atoms with Crippen molar-refractivity contribution in [1.29, 1.82) is 0 Å². The average molecular weight is 214 g/mol. The molecule has 2 aromatic rings. The number of thiophene rings is 1. The van der Waals surface area contributed by atoms with Gasteiger partial charge < -0.3 is 10.8 Å². The number of aliphatic hydroxyl groups is 1. The number of nitrogen functional groups attached to an aromatic ring is 1. The van der Waals surface area contributed by atoms with Gasteiger partial charge in [-0.25, -0.2) is 0 Å². The molecule has 1 aromatic carbocycles. The SMILES string of the molecule is Nc1ccc2sc(Cl)c(CO)c2c1. The predicted octanol–water partition coefficient (Wildman–Crippen LogP) is 2.63. The molecule has 0 aliphatic heterocycles. The Labute approximate surface area is 84.6 Å². The number of aliphatic hydroxyl groups excluding tert-OH is 1. The monoisotopic (exact) mass is 213 g/mol. The van der Waals surface area contributed by atoms with Crippen LogP contribution < -0.4 is 5.73 Å². The Balaban J connectivity index is 2.80. The van der Waals surface area contributed by atoms with E-state index in [9.17, 15) is 0 Å². The van der Waals surface area contributed by atoms with Crippen molar-refractivity contribution < 1.29 is 5.11 Å². The van der Waals surface area contributed by atoms with E-state index >= 15 is 0 Å². The first-order chi connectivity index (χ1) is 6.22. The number of anilines is 1. The lowest BCUT2D eigenvalue weighted by Crippen LogP contribution is -1.84. The highest BCUT2D eigenvalue weighted by molar-refractivity contribution is 7.22. The molecule has 0 fully saturated rings. The Morgan fingerprint density at radius 3 is 2.92 bits per heavy atom. The fourth-order valence-electron chi connectivity index (χ4n) is 1.28. The summed E-state index contributed by atoms with van der Waals surface area (Å²) in [5, 5.41) is 10.0. The Morgan fingerprint density at radius 1 is 1.46 bits per heavy atom. The van der Waals surface area contributed by atoms with E-state index in [0.29, 0.717) is 10.0 Å². The molecule has 0 aliphatic rings. The topological polar surface area (TPSA) is 46.2 Å². The summed E-state index contributed by atoms with van der Waals surface area (Å²) in [5.41, 5.74) is 7.10. The quantitative estimate of drug-likeness (QED) is 0.716. The first-order valence-electron chi connectivity index (χ1n) is 3.79. The van der Waals surface area contributed by atoms with Gasteiger partial charge in [0.2, 0.25) is 0 Å². The Kier molecular flexibility index (Phi) is 2.15. The largest absolute Gasteiger partial charge is 0.399 e. The molecule has 1 heterocycles. The van der Waals surface area contributed by atoms with Crippen molar-refractivity contribution in [3.63, 3.8) is 0 Å². The molecule has 0 spiro atoms. The van der Waals surface area contributed by atoms with E-state index in [1.54, 1.807) is 0 Å². The molecule has 0 radical (unpaired) electrons. The molecule has 0 amide bonds. The van der Waals surface area contributed by atoms with Crippen LogP contribution in [0.3, 0.4) is 0 Å². The second kappa shape index (κ2) is 3.18. The maximum atomic E-state index is 9.08. The lowest BCUT2D eigenvalue weighted by atomic mass is 10.2. The average Bonchev–Trinajstić information content (AvgIpc) is 2.40. The van der Waals surface area contributed by atoms with E-state index in [2.05, 4.69) is 0 Å². The Morgan fingerprint density at radius 2 is 2.23 bits per heavy atom. The van der Waals surface area contributed by atoms with E-state index in [1.165, 1.54) is 11.3 Å². The number of fused-ring (bicyclic) bond motifs is 1. The second-order valence-corrected chi connectivity index (χ2v) is 4.42. The van der Waals surface area contributed by atoms with E-state index in [-0.39, 0.29) is 6.61 Å². The summed E-state index contributed by atoms with van der Waals surface area (Å²) in [6.07, 6.45) is 0. The lowest BCUT2D eigenvalue weighted by Gasteiger charge is -1.95. The van der Waals surface area contributed by atoms with Gasteiger partial charge in [-0.2, -0.15) is 0 Å². The van der Waals surface area contributed by atoms with Crippen LogP contribution in [0.5, 0.6) is 0 Å². The zero-order chi connectivity index (χ0) is 9.42. The van der Waals surface area contributed by atoms with Crippen molar-refractivity contribution in [2.24, 2.45) is 0 Å². The predicted molar refractivity (Wildman–Crippen MR) is 57.2 cm³/mol. The molecular weight excluding hydrogens is 206 g/mol. The number of benzene rings is 1. The normalized spacial score (nSPS) is 10.9. The van der Waals surface area contributed by atoms with Crippen molar-refractivity contribution in [2.75, 3.05) is 5.73 Å². The van der Waals surface area contributed by atoms with Gasteiger partial charge in [0.25, 0.3) is 0 Å². The van der Waals surface area contributed by atoms with E-state index < -0.39 is 0 Å². The maximum absolute atomic E-state index is 9.08. The van der Waals surface area contributed by atoms with Crippen molar-refractivity contribution in [2.45, 2.75) is 6.61 Å². The molecule has 0 saturated carbocycles. The van der Waals surface area contributed by atoms with Crippen LogP contribution in [0.4, 0.5) is 5.69 Å². The summed E-state index contributed by atoms with van der Waals surface area (Å²) < 4.78 is 1.70. The molecule has 13 heavy (non-hydrogen) atoms. The molecule has 0 unspecified atom stereocenters. The molecule has 0 aliphatic carbocycles. The third-order valence-corrected chi connectivity index (χ3v) is 3.38. The van der Waals surface area contributed by atoms with Crippen LogP contribution in [-0.2, 0) is 6.61 Å². The van der Waals surface area contributed by atoms with Crippen molar-refractivity contribution >= 4 is 38.7 Å². The fraction of sp³-hybridized carbons (Fsp3) is 0.111. The molecular formula is C9H8ClNOS. The summed E-state index contributed by atoms with van der Waals surface area (Å²) in [6.45, 7) is -0.0394. The van der Waals surface area contributed by atoms with Crippen LogP contribution in [0.25, 0.3) is 10.1 Å². The first-order valence-corrected chi connectivity index (χ1v) is 4.99. The van der Waals surface area contributed by atoms with Gasteiger partial charge in [0, 0.05) is 21.3 Å². The van der Waals surface area contributed by atoms with Crippen LogP contribution >= 0.6 is 22.9 Å². The Hall–Kier alpha value is -0.770. The van der Waals surface area contributed by atoms with E-state index in [4.69, 9.17) is 22.4 Å². The standard InChI is InChI=1S/C9H8ClNOS/c10-9-7(4-12)6-3-5(11)1-2-8(6)13-9/h1-3,12H,4,11H2. The summed E-state index contributed by atoms with van der Waals surface area (Å²) in [5.74, 6) is 0. The maximum Gasteiger partial charge on any atom is 0.0995 e. The third kappa shape index (κ3) is 1.39. The summed E-state index contributed by atoms with van der Waals surface area (Å²) in [4.78, 5) is 0. The van der Waals surface area contributed by atoms with Crippen LogP contribution in [0.1, 0.15) is 5.56 Å². The van der Waals surface area contributed by atoms with Gasteiger partial charge in [-0.15, -0.1) is 11.3 Å². The van der Waals surface area contributed by atoms with Gasteiger partial charge in [0.15, 0.2) is 0 Å². The fourth-order valence-corrected chi connectivity index (χ4v) is 2.61. The van der Waals surface area contributed by atoms with Crippen LogP contribution in [-0.4, -0.2) is 5.11 Å². The minimum Gasteiger partial charge on any atom is -0.399 e. The number of rotatable bonds is 1. The number of hydrogen-bond acceptors (Lipinski definition) is 3. The highest BCUT2D eigenvalue weighted by Gasteiger charge is 2.08. The summed E-state index contributed by atoms with van der Waals surface area (Å²) >= 11 is 7.40. The van der Waals surface area contributed by atoms with Gasteiger partial charge in [-0.1, -0.05) is 11.6 Å². The third-order valence-electron chi connectivity index (χ3n) is 1.92. The molecule has 0 bridgehead atoms. The molecule has 3 N–H and O–H groups in total. The van der Waals surface area contributed by atoms with Gasteiger partial charge in [-0.3, -0.25) is 0 Å². The molecule has 2 nitrogen and oxygen atoms in total. The second-order valence-electron chi connectivity index (χ2n) is 2.77. The van der Waals surface area contributed by atoms with Crippen molar-refractivity contribution in [1.82, 2.24) is 0 Å². The summed E-state index contributed by atoms with van der Waals surface area (Å²) in [6, 6.07) is 5.58. The van der Waals surface area contributed by atoms with E-state index in [0.717, 1.165) is 15.6 Å². The van der Waals surface area contributed by atoms with Crippen LogP contribution in [0.2, 0.25) is 4.34 Å². The highest BCUT2D eigenvalue weighted by Crippen LogP contribution is 2.35. The minimum absolute atomic E-state index is 0.0394. The van der Waals surface area contributed by atoms with Crippen LogP contribution in [0, 0.1) is 0 Å². The first kappa shape index (κ1) is 8.81. The molecule has 0 atom stereocenters. The smallest absolute Gasteiger partial charge is 0.0995 e. The Bertz CT molecular complexity index is 452.